The zero-order valence-corrected chi connectivity index (χ0v) is 22.5. The number of fused-ring (bicyclic) bond motifs is 1. The van der Waals surface area contributed by atoms with Crippen molar-refractivity contribution in [2.24, 2.45) is 0 Å². The number of rotatable bonds is 4. The van der Waals surface area contributed by atoms with E-state index in [9.17, 15) is 14.4 Å². The topological polar surface area (TPSA) is 92.2 Å². The highest BCUT2D eigenvalue weighted by molar-refractivity contribution is 9.10. The molecule has 0 atom stereocenters. The summed E-state index contributed by atoms with van der Waals surface area (Å²) >= 11 is 9.62. The number of benzene rings is 3. The quantitative estimate of drug-likeness (QED) is 0.255. The highest BCUT2D eigenvalue weighted by Gasteiger charge is 2.22. The molecule has 0 aliphatic rings. The average molecular weight is 568 g/mol. The summed E-state index contributed by atoms with van der Waals surface area (Å²) in [5, 5.41) is 6.74. The fourth-order valence-electron chi connectivity index (χ4n) is 4.10. The van der Waals surface area contributed by atoms with E-state index in [1.165, 1.54) is 4.68 Å². The van der Waals surface area contributed by atoms with Crippen LogP contribution < -0.4 is 16.1 Å². The summed E-state index contributed by atoms with van der Waals surface area (Å²) in [6.07, 6.45) is 0. The largest absolute Gasteiger partial charge is 0.328 e. The summed E-state index contributed by atoms with van der Waals surface area (Å²) in [4.78, 5) is 39.0. The Labute approximate surface area is 221 Å². The van der Waals surface area contributed by atoms with Crippen LogP contribution in [0.4, 0.5) is 11.4 Å². The summed E-state index contributed by atoms with van der Waals surface area (Å²) < 4.78 is 2.12. The molecule has 3 amide bonds. The van der Waals surface area contributed by atoms with Crippen LogP contribution in [0, 0.1) is 27.7 Å². The van der Waals surface area contributed by atoms with E-state index in [2.05, 4.69) is 32.0 Å². The predicted molar refractivity (Wildman–Crippen MR) is 147 cm³/mol. The third kappa shape index (κ3) is 5.15. The lowest BCUT2D eigenvalue weighted by Gasteiger charge is -2.15. The minimum atomic E-state index is -0.914. The number of carbonyl (C=O) groups is 3. The van der Waals surface area contributed by atoms with E-state index in [0.29, 0.717) is 32.9 Å². The number of nitrogens with zero attached hydrogens (tertiary/aromatic N) is 1. The maximum atomic E-state index is 13.3. The third-order valence-corrected chi connectivity index (χ3v) is 6.75. The van der Waals surface area contributed by atoms with Crippen LogP contribution in [0.5, 0.6) is 0 Å². The smallest absolute Gasteiger partial charge is 0.320 e. The van der Waals surface area contributed by atoms with E-state index < -0.39 is 17.7 Å². The fraction of sp³-hybridized carbons (Fsp3) is 0.148. The third-order valence-electron chi connectivity index (χ3n) is 5.85. The standard InChI is InChI=1S/C27H24BrClN4O3/c1-14-10-15(2)24(16(3)11-14)31-26(35)27(36)32-33-22-9-8-19(28)12-18(22)13-23(33)25(34)30-21-7-5-6-20(29)17(21)4/h5-13H,1-4H3,(H,30,34)(H,31,35)(H,32,36). The van der Waals surface area contributed by atoms with Crippen molar-refractivity contribution in [1.82, 2.24) is 4.68 Å². The van der Waals surface area contributed by atoms with Gasteiger partial charge in [0.05, 0.1) is 5.52 Å². The number of aromatic nitrogens is 1. The summed E-state index contributed by atoms with van der Waals surface area (Å²) in [5.41, 5.74) is 7.87. The van der Waals surface area contributed by atoms with Crippen LogP contribution in [0.15, 0.2) is 59.1 Å². The summed E-state index contributed by atoms with van der Waals surface area (Å²) in [6.45, 7) is 7.49. The predicted octanol–water partition coefficient (Wildman–Crippen LogP) is 6.25. The van der Waals surface area contributed by atoms with Gasteiger partial charge in [0.25, 0.3) is 5.91 Å². The molecule has 4 aromatic rings. The van der Waals surface area contributed by atoms with E-state index in [-0.39, 0.29) is 5.69 Å². The minimum absolute atomic E-state index is 0.145. The van der Waals surface area contributed by atoms with Gasteiger partial charge in [-0.2, -0.15) is 0 Å². The molecule has 0 radical (unpaired) electrons. The Balaban J connectivity index is 1.66. The van der Waals surface area contributed by atoms with Gasteiger partial charge in [-0.25, -0.2) is 4.68 Å². The first-order valence-electron chi connectivity index (χ1n) is 11.1. The zero-order chi connectivity index (χ0) is 26.1. The van der Waals surface area contributed by atoms with Crippen molar-refractivity contribution in [2.45, 2.75) is 27.7 Å². The summed E-state index contributed by atoms with van der Waals surface area (Å²) in [7, 11) is 0. The van der Waals surface area contributed by atoms with Crippen molar-refractivity contribution in [3.63, 3.8) is 0 Å². The molecule has 0 aliphatic heterocycles. The van der Waals surface area contributed by atoms with Gasteiger partial charge in [0.1, 0.15) is 5.69 Å². The molecule has 3 N–H and O–H groups in total. The van der Waals surface area contributed by atoms with Crippen molar-refractivity contribution in [3.8, 4) is 0 Å². The number of aryl methyl sites for hydroxylation is 3. The fourth-order valence-corrected chi connectivity index (χ4v) is 4.66. The van der Waals surface area contributed by atoms with Crippen molar-refractivity contribution in [3.05, 3.63) is 92.0 Å². The van der Waals surface area contributed by atoms with Gasteiger partial charge in [-0.15, -0.1) is 0 Å². The van der Waals surface area contributed by atoms with Crippen LogP contribution in [0.3, 0.4) is 0 Å². The molecule has 184 valence electrons. The number of amides is 3. The van der Waals surface area contributed by atoms with Crippen LogP contribution in [0.25, 0.3) is 10.9 Å². The van der Waals surface area contributed by atoms with Gasteiger partial charge in [0.15, 0.2) is 0 Å². The van der Waals surface area contributed by atoms with Gasteiger partial charge in [-0.1, -0.05) is 51.3 Å². The second-order valence-electron chi connectivity index (χ2n) is 8.60. The number of nitrogens with one attached hydrogen (secondary N) is 3. The number of carbonyl (C=O) groups excluding carboxylic acids is 3. The van der Waals surface area contributed by atoms with E-state index in [1.807, 2.05) is 39.0 Å². The second-order valence-corrected chi connectivity index (χ2v) is 9.93. The number of halogens is 2. The molecule has 0 fully saturated rings. The van der Waals surface area contributed by atoms with Gasteiger partial charge in [0.2, 0.25) is 0 Å². The molecule has 4 rings (SSSR count). The number of hydrogen-bond acceptors (Lipinski definition) is 3. The maximum Gasteiger partial charge on any atom is 0.328 e. The van der Waals surface area contributed by atoms with Crippen molar-refractivity contribution in [2.75, 3.05) is 16.1 Å². The molecule has 7 nitrogen and oxygen atoms in total. The molecule has 3 aromatic carbocycles. The first-order valence-corrected chi connectivity index (χ1v) is 12.3. The highest BCUT2D eigenvalue weighted by atomic mass is 79.9. The molecular weight excluding hydrogens is 544 g/mol. The van der Waals surface area contributed by atoms with Crippen LogP contribution in [-0.2, 0) is 9.59 Å². The second kappa shape index (κ2) is 10.2. The maximum absolute atomic E-state index is 13.3. The molecule has 36 heavy (non-hydrogen) atoms. The zero-order valence-electron chi connectivity index (χ0n) is 20.1. The monoisotopic (exact) mass is 566 g/mol. The SMILES string of the molecule is Cc1cc(C)c(NC(=O)C(=O)Nn2c(C(=O)Nc3cccc(Cl)c3C)cc3cc(Br)ccc32)c(C)c1. The van der Waals surface area contributed by atoms with Gasteiger partial charge in [0, 0.05) is 26.3 Å². The summed E-state index contributed by atoms with van der Waals surface area (Å²) in [6, 6.07) is 16.0. The lowest BCUT2D eigenvalue weighted by atomic mass is 10.1. The van der Waals surface area contributed by atoms with Crippen LogP contribution in [0.1, 0.15) is 32.7 Å². The highest BCUT2D eigenvalue weighted by Crippen LogP contribution is 2.27. The van der Waals surface area contributed by atoms with E-state index in [1.54, 1.807) is 43.3 Å². The lowest BCUT2D eigenvalue weighted by Crippen LogP contribution is -2.36. The Morgan fingerprint density at radius 3 is 2.25 bits per heavy atom. The Hall–Kier alpha value is -3.62. The molecular formula is C27H24BrClN4O3. The van der Waals surface area contributed by atoms with Gasteiger partial charge in [-0.05, 0) is 80.8 Å². The molecule has 0 spiro atoms. The molecule has 0 saturated carbocycles. The molecule has 9 heteroatoms. The molecule has 0 bridgehead atoms. The van der Waals surface area contributed by atoms with Crippen molar-refractivity contribution in [1.29, 1.82) is 0 Å². The van der Waals surface area contributed by atoms with Crippen LogP contribution in [0.2, 0.25) is 5.02 Å². The van der Waals surface area contributed by atoms with Crippen molar-refractivity contribution < 1.29 is 14.4 Å². The van der Waals surface area contributed by atoms with E-state index in [4.69, 9.17) is 11.6 Å². The van der Waals surface area contributed by atoms with Gasteiger partial charge < -0.3 is 10.6 Å². The van der Waals surface area contributed by atoms with Crippen LogP contribution in [-0.4, -0.2) is 22.4 Å². The normalized spacial score (nSPS) is 10.8. The molecule has 1 heterocycles. The van der Waals surface area contributed by atoms with Gasteiger partial charge >= 0.3 is 11.8 Å². The molecule has 1 aromatic heterocycles. The number of anilines is 2. The van der Waals surface area contributed by atoms with E-state index >= 15 is 0 Å². The Kier molecular flexibility index (Phi) is 7.19. The van der Waals surface area contributed by atoms with Crippen LogP contribution >= 0.6 is 27.5 Å². The Morgan fingerprint density at radius 1 is 0.861 bits per heavy atom. The molecule has 0 unspecified atom stereocenters. The molecule has 0 aliphatic carbocycles. The average Bonchev–Trinajstić information content (AvgIpc) is 3.16. The summed E-state index contributed by atoms with van der Waals surface area (Å²) in [5.74, 6) is -2.23. The molecule has 0 saturated heterocycles. The first-order chi connectivity index (χ1) is 17.0. The Bertz CT molecular complexity index is 1520. The van der Waals surface area contributed by atoms with Crippen molar-refractivity contribution >= 4 is 67.5 Å². The number of hydrogen-bond donors (Lipinski definition) is 3. The Morgan fingerprint density at radius 2 is 1.56 bits per heavy atom. The minimum Gasteiger partial charge on any atom is -0.320 e. The van der Waals surface area contributed by atoms with Gasteiger partial charge in [-0.3, -0.25) is 19.8 Å². The first kappa shape index (κ1) is 25.5. The lowest BCUT2D eigenvalue weighted by molar-refractivity contribution is -0.133. The van der Waals surface area contributed by atoms with E-state index in [0.717, 1.165) is 21.2 Å².